The number of fused-ring (bicyclic) bond motifs is 1. The second-order valence-electron chi connectivity index (χ2n) is 4.86. The zero-order valence-corrected chi connectivity index (χ0v) is 11.5. The minimum absolute atomic E-state index is 0.0977. The second-order valence-corrected chi connectivity index (χ2v) is 4.86. The summed E-state index contributed by atoms with van der Waals surface area (Å²) in [5, 5.41) is 9.25. The Morgan fingerprint density at radius 2 is 2.10 bits per heavy atom. The van der Waals surface area contributed by atoms with Gasteiger partial charge >= 0.3 is 5.97 Å². The van der Waals surface area contributed by atoms with Crippen LogP contribution < -0.4 is 5.56 Å². The fraction of sp³-hybridized carbons (Fsp3) is 0.400. The third-order valence-corrected chi connectivity index (χ3v) is 3.27. The summed E-state index contributed by atoms with van der Waals surface area (Å²) in [7, 11) is 0. The number of carboxylic acids is 1. The van der Waals surface area contributed by atoms with E-state index in [2.05, 4.69) is 16.9 Å². The number of nitrogens with one attached hydrogen (secondary N) is 1. The number of H-pyrrole nitrogens is 1. The van der Waals surface area contributed by atoms with Crippen molar-refractivity contribution in [1.82, 2.24) is 9.97 Å². The molecule has 5 heteroatoms. The maximum atomic E-state index is 12.0. The number of hydrogen-bond acceptors (Lipinski definition) is 3. The molecule has 2 rings (SSSR count). The number of aromatic nitrogens is 2. The van der Waals surface area contributed by atoms with Crippen molar-refractivity contribution in [2.24, 2.45) is 0 Å². The average Bonchev–Trinajstić information content (AvgIpc) is 2.43. The molecular weight excluding hydrogens is 256 g/mol. The summed E-state index contributed by atoms with van der Waals surface area (Å²) in [6, 6.07) is 4.42. The minimum Gasteiger partial charge on any atom is -0.478 e. The molecule has 106 valence electrons. The van der Waals surface area contributed by atoms with Crippen molar-refractivity contribution >= 4 is 16.9 Å². The number of aryl methyl sites for hydroxylation is 1. The Morgan fingerprint density at radius 3 is 2.80 bits per heavy atom. The molecule has 2 aromatic rings. The number of carboxylic acid groups (broad SMARTS) is 1. The zero-order valence-electron chi connectivity index (χ0n) is 11.5. The van der Waals surface area contributed by atoms with E-state index in [0.29, 0.717) is 16.7 Å². The molecule has 1 aromatic heterocycles. The van der Waals surface area contributed by atoms with Crippen LogP contribution in [0.15, 0.2) is 23.0 Å². The van der Waals surface area contributed by atoms with E-state index in [-0.39, 0.29) is 11.1 Å². The van der Waals surface area contributed by atoms with Gasteiger partial charge < -0.3 is 10.1 Å². The Hall–Kier alpha value is -2.17. The summed E-state index contributed by atoms with van der Waals surface area (Å²) in [5.41, 5.74) is 0.369. The van der Waals surface area contributed by atoms with Crippen LogP contribution in [0, 0.1) is 0 Å². The predicted molar refractivity (Wildman–Crippen MR) is 77.2 cm³/mol. The molecule has 0 saturated heterocycles. The second kappa shape index (κ2) is 6.32. The van der Waals surface area contributed by atoms with E-state index in [1.54, 1.807) is 6.07 Å². The van der Waals surface area contributed by atoms with Crippen LogP contribution in [-0.2, 0) is 6.42 Å². The van der Waals surface area contributed by atoms with Gasteiger partial charge in [-0.3, -0.25) is 4.79 Å². The largest absolute Gasteiger partial charge is 0.478 e. The molecule has 2 N–H and O–H groups in total. The van der Waals surface area contributed by atoms with Gasteiger partial charge in [-0.1, -0.05) is 26.2 Å². The van der Waals surface area contributed by atoms with Gasteiger partial charge in [-0.05, 0) is 24.6 Å². The van der Waals surface area contributed by atoms with E-state index in [4.69, 9.17) is 5.11 Å². The fourth-order valence-electron chi connectivity index (χ4n) is 2.16. The first-order valence-corrected chi connectivity index (χ1v) is 6.88. The Kier molecular flexibility index (Phi) is 4.50. The lowest BCUT2D eigenvalue weighted by molar-refractivity contribution is 0.0697. The first kappa shape index (κ1) is 14.2. The average molecular weight is 274 g/mol. The monoisotopic (exact) mass is 274 g/mol. The molecule has 0 aliphatic carbocycles. The quantitative estimate of drug-likeness (QED) is 0.793. The van der Waals surface area contributed by atoms with Crippen molar-refractivity contribution in [2.75, 3.05) is 0 Å². The standard InChI is InChI=1S/C15H18N2O3/c1-2-3-4-5-6-13-16-12-8-7-10(15(19)20)9-11(12)14(18)17-13/h7-9H,2-6H2,1H3,(H,19,20)(H,16,17,18). The number of benzene rings is 1. The Balaban J connectivity index is 2.27. The highest BCUT2D eigenvalue weighted by atomic mass is 16.4. The Morgan fingerprint density at radius 1 is 1.30 bits per heavy atom. The van der Waals surface area contributed by atoms with Gasteiger partial charge in [-0.25, -0.2) is 9.78 Å². The lowest BCUT2D eigenvalue weighted by atomic mass is 10.1. The molecule has 20 heavy (non-hydrogen) atoms. The number of aromatic carboxylic acids is 1. The van der Waals surface area contributed by atoms with Crippen molar-refractivity contribution < 1.29 is 9.90 Å². The summed E-state index contributed by atoms with van der Waals surface area (Å²) in [4.78, 5) is 30.0. The highest BCUT2D eigenvalue weighted by Crippen LogP contribution is 2.11. The zero-order chi connectivity index (χ0) is 14.5. The molecule has 5 nitrogen and oxygen atoms in total. The van der Waals surface area contributed by atoms with Crippen molar-refractivity contribution in [3.05, 3.63) is 39.9 Å². The van der Waals surface area contributed by atoms with Gasteiger partial charge in [0.1, 0.15) is 5.82 Å². The molecule has 0 amide bonds. The first-order valence-electron chi connectivity index (χ1n) is 6.88. The van der Waals surface area contributed by atoms with Crippen LogP contribution in [0.5, 0.6) is 0 Å². The predicted octanol–water partition coefficient (Wildman–Crippen LogP) is 2.74. The van der Waals surface area contributed by atoms with Crippen molar-refractivity contribution in [1.29, 1.82) is 0 Å². The number of aromatic amines is 1. The lowest BCUT2D eigenvalue weighted by Gasteiger charge is -2.03. The number of unbranched alkanes of at least 4 members (excludes halogenated alkanes) is 3. The number of nitrogens with zero attached hydrogens (tertiary/aromatic N) is 1. The Labute approximate surface area is 116 Å². The van der Waals surface area contributed by atoms with Crippen LogP contribution in [0.25, 0.3) is 10.9 Å². The first-order chi connectivity index (χ1) is 9.61. The van der Waals surface area contributed by atoms with Crippen LogP contribution >= 0.6 is 0 Å². The van der Waals surface area contributed by atoms with Gasteiger partial charge in [0, 0.05) is 6.42 Å². The van der Waals surface area contributed by atoms with E-state index in [0.717, 1.165) is 19.3 Å². The van der Waals surface area contributed by atoms with Crippen LogP contribution in [0.4, 0.5) is 0 Å². The van der Waals surface area contributed by atoms with E-state index in [1.165, 1.54) is 25.0 Å². The number of carbonyl (C=O) groups is 1. The highest BCUT2D eigenvalue weighted by molar-refractivity contribution is 5.92. The molecule has 0 fully saturated rings. The topological polar surface area (TPSA) is 83.0 Å². The highest BCUT2D eigenvalue weighted by Gasteiger charge is 2.08. The van der Waals surface area contributed by atoms with Crippen molar-refractivity contribution in [3.63, 3.8) is 0 Å². The summed E-state index contributed by atoms with van der Waals surface area (Å²) in [6.07, 6.45) is 5.21. The smallest absolute Gasteiger partial charge is 0.335 e. The van der Waals surface area contributed by atoms with E-state index < -0.39 is 5.97 Å². The maximum Gasteiger partial charge on any atom is 0.335 e. The van der Waals surface area contributed by atoms with Gasteiger partial charge in [0.25, 0.3) is 5.56 Å². The summed E-state index contributed by atoms with van der Waals surface area (Å²) >= 11 is 0. The fourth-order valence-corrected chi connectivity index (χ4v) is 2.16. The van der Waals surface area contributed by atoms with E-state index in [9.17, 15) is 9.59 Å². The summed E-state index contributed by atoms with van der Waals surface area (Å²) in [6.45, 7) is 2.15. The molecule has 0 atom stereocenters. The molecule has 1 heterocycles. The maximum absolute atomic E-state index is 12.0. The van der Waals surface area contributed by atoms with Crippen LogP contribution in [0.3, 0.4) is 0 Å². The molecule has 0 radical (unpaired) electrons. The van der Waals surface area contributed by atoms with Gasteiger partial charge in [0.15, 0.2) is 0 Å². The third-order valence-electron chi connectivity index (χ3n) is 3.27. The molecule has 0 aliphatic heterocycles. The van der Waals surface area contributed by atoms with Gasteiger partial charge in [-0.15, -0.1) is 0 Å². The summed E-state index contributed by atoms with van der Waals surface area (Å²) in [5.74, 6) is -0.378. The van der Waals surface area contributed by atoms with Crippen LogP contribution in [-0.4, -0.2) is 21.0 Å². The van der Waals surface area contributed by atoms with Gasteiger partial charge in [0.05, 0.1) is 16.5 Å². The lowest BCUT2D eigenvalue weighted by Crippen LogP contribution is -2.12. The molecule has 0 bridgehead atoms. The minimum atomic E-state index is -1.05. The molecule has 1 aromatic carbocycles. The van der Waals surface area contributed by atoms with Crippen LogP contribution in [0.1, 0.15) is 48.8 Å². The molecule has 0 unspecified atom stereocenters. The third kappa shape index (κ3) is 3.23. The molecular formula is C15H18N2O3. The van der Waals surface area contributed by atoms with E-state index >= 15 is 0 Å². The SMILES string of the molecule is CCCCCCc1nc2ccc(C(=O)O)cc2c(=O)[nH]1. The number of rotatable bonds is 6. The van der Waals surface area contributed by atoms with Crippen molar-refractivity contribution in [3.8, 4) is 0 Å². The van der Waals surface area contributed by atoms with E-state index in [1.807, 2.05) is 0 Å². The molecule has 0 spiro atoms. The number of hydrogen-bond donors (Lipinski definition) is 2. The molecule has 0 saturated carbocycles. The molecule has 0 aliphatic rings. The Bertz CT molecular complexity index is 676. The van der Waals surface area contributed by atoms with Crippen LogP contribution in [0.2, 0.25) is 0 Å². The van der Waals surface area contributed by atoms with Gasteiger partial charge in [0.2, 0.25) is 0 Å². The normalized spacial score (nSPS) is 10.8. The van der Waals surface area contributed by atoms with Gasteiger partial charge in [-0.2, -0.15) is 0 Å². The van der Waals surface area contributed by atoms with Crippen molar-refractivity contribution in [2.45, 2.75) is 39.0 Å². The summed E-state index contributed by atoms with van der Waals surface area (Å²) < 4.78 is 0.